The Balaban J connectivity index is 0.00000363. The molecule has 6 nitrogen and oxygen atoms in total. The zero-order chi connectivity index (χ0) is 22.2. The van der Waals surface area contributed by atoms with Crippen LogP contribution in [0.4, 0.5) is 18.9 Å². The summed E-state index contributed by atoms with van der Waals surface area (Å²) in [4.78, 5) is 18.5. The Labute approximate surface area is 202 Å². The quantitative estimate of drug-likeness (QED) is 0.219. The van der Waals surface area contributed by atoms with Gasteiger partial charge in [-0.3, -0.25) is 14.7 Å². The third-order valence-corrected chi connectivity index (χ3v) is 5.13. The molecule has 2 aromatic carbocycles. The first-order valence-corrected chi connectivity index (χ1v) is 10.1. The van der Waals surface area contributed by atoms with Crippen LogP contribution in [0.25, 0.3) is 0 Å². The summed E-state index contributed by atoms with van der Waals surface area (Å²) in [5, 5.41) is 8.36. The van der Waals surface area contributed by atoms with Crippen molar-refractivity contribution >= 4 is 41.5 Å². The molecule has 1 aliphatic heterocycles. The van der Waals surface area contributed by atoms with E-state index in [1.165, 1.54) is 5.56 Å². The number of carbonyl (C=O) groups excluding carboxylic acids is 1. The molecule has 0 unspecified atom stereocenters. The number of nitrogens with one attached hydrogen (secondary N) is 3. The van der Waals surface area contributed by atoms with Crippen LogP contribution in [0.1, 0.15) is 18.4 Å². The van der Waals surface area contributed by atoms with Gasteiger partial charge in [-0.15, -0.1) is 24.0 Å². The molecule has 0 spiro atoms. The van der Waals surface area contributed by atoms with E-state index in [1.54, 1.807) is 7.05 Å². The van der Waals surface area contributed by atoms with Gasteiger partial charge in [0.25, 0.3) is 0 Å². The van der Waals surface area contributed by atoms with E-state index in [2.05, 4.69) is 38.0 Å². The first-order valence-electron chi connectivity index (χ1n) is 10.1. The highest BCUT2D eigenvalue weighted by atomic mass is 127. The maximum atomic E-state index is 13.7. The average Bonchev–Trinajstić information content (AvgIpc) is 2.79. The highest BCUT2D eigenvalue weighted by Gasteiger charge is 2.20. The summed E-state index contributed by atoms with van der Waals surface area (Å²) in [5.74, 6) is -4.53. The second kappa shape index (κ2) is 12.6. The van der Waals surface area contributed by atoms with Crippen LogP contribution < -0.4 is 16.0 Å². The number of nitrogens with zero attached hydrogens (tertiary/aromatic N) is 2. The molecular formula is C22H27F3IN5O. The molecule has 0 atom stereocenters. The first-order chi connectivity index (χ1) is 15.0. The van der Waals surface area contributed by atoms with E-state index < -0.39 is 29.0 Å². The van der Waals surface area contributed by atoms with E-state index >= 15 is 0 Å². The maximum absolute atomic E-state index is 13.7. The van der Waals surface area contributed by atoms with Crippen LogP contribution >= 0.6 is 24.0 Å². The third-order valence-electron chi connectivity index (χ3n) is 5.13. The summed E-state index contributed by atoms with van der Waals surface area (Å²) < 4.78 is 39.9. The van der Waals surface area contributed by atoms with Crippen molar-refractivity contribution in [2.45, 2.75) is 25.4 Å². The Kier molecular flexibility index (Phi) is 10.2. The van der Waals surface area contributed by atoms with Crippen molar-refractivity contribution in [2.75, 3.05) is 32.0 Å². The molecule has 1 amide bonds. The van der Waals surface area contributed by atoms with Crippen molar-refractivity contribution in [3.63, 3.8) is 0 Å². The Hall–Kier alpha value is -2.34. The van der Waals surface area contributed by atoms with Gasteiger partial charge < -0.3 is 16.0 Å². The van der Waals surface area contributed by atoms with Gasteiger partial charge in [-0.05, 0) is 30.5 Å². The van der Waals surface area contributed by atoms with Gasteiger partial charge in [0.1, 0.15) is 0 Å². The van der Waals surface area contributed by atoms with Crippen LogP contribution in [0.3, 0.4) is 0 Å². The molecule has 0 aliphatic carbocycles. The zero-order valence-electron chi connectivity index (χ0n) is 17.7. The molecule has 10 heteroatoms. The van der Waals surface area contributed by atoms with Gasteiger partial charge in [-0.2, -0.15) is 0 Å². The molecule has 0 bridgehead atoms. The number of aliphatic imine (C=N–C) groups is 1. The minimum atomic E-state index is -1.62. The first kappa shape index (κ1) is 25.9. The van der Waals surface area contributed by atoms with Gasteiger partial charge in [-0.1, -0.05) is 30.3 Å². The number of amides is 1. The third kappa shape index (κ3) is 7.37. The lowest BCUT2D eigenvalue weighted by molar-refractivity contribution is -0.115. The van der Waals surface area contributed by atoms with Gasteiger partial charge in [-0.25, -0.2) is 13.2 Å². The van der Waals surface area contributed by atoms with Crippen molar-refractivity contribution in [1.29, 1.82) is 0 Å². The van der Waals surface area contributed by atoms with Gasteiger partial charge in [0, 0.05) is 32.7 Å². The van der Waals surface area contributed by atoms with Gasteiger partial charge in [0.2, 0.25) is 5.91 Å². The largest absolute Gasteiger partial charge is 0.354 e. The normalized spacial score (nSPS) is 15.1. The van der Waals surface area contributed by atoms with Crippen LogP contribution in [0.2, 0.25) is 0 Å². The van der Waals surface area contributed by atoms with E-state index in [9.17, 15) is 18.0 Å². The predicted molar refractivity (Wildman–Crippen MR) is 130 cm³/mol. The molecule has 0 saturated carbocycles. The molecule has 1 aliphatic rings. The van der Waals surface area contributed by atoms with Gasteiger partial charge in [0.15, 0.2) is 23.4 Å². The van der Waals surface area contributed by atoms with E-state index in [0.717, 1.165) is 44.6 Å². The smallest absolute Gasteiger partial charge is 0.243 e. The van der Waals surface area contributed by atoms with Crippen LogP contribution in [-0.4, -0.2) is 49.5 Å². The highest BCUT2D eigenvalue weighted by molar-refractivity contribution is 14.0. The maximum Gasteiger partial charge on any atom is 0.243 e. The summed E-state index contributed by atoms with van der Waals surface area (Å²) in [7, 11) is 1.59. The van der Waals surface area contributed by atoms with E-state index in [4.69, 9.17) is 0 Å². The van der Waals surface area contributed by atoms with E-state index in [-0.39, 0.29) is 36.6 Å². The molecule has 174 valence electrons. The number of likely N-dealkylation sites (tertiary alicyclic amines) is 1. The summed E-state index contributed by atoms with van der Waals surface area (Å²) >= 11 is 0. The van der Waals surface area contributed by atoms with Crippen LogP contribution in [0, 0.1) is 17.5 Å². The summed E-state index contributed by atoms with van der Waals surface area (Å²) in [6.07, 6.45) is 1.86. The molecule has 32 heavy (non-hydrogen) atoms. The molecule has 0 radical (unpaired) electrons. The predicted octanol–water partition coefficient (Wildman–Crippen LogP) is 3.49. The molecular weight excluding hydrogens is 534 g/mol. The molecule has 0 aromatic heterocycles. The van der Waals surface area contributed by atoms with Gasteiger partial charge in [0.05, 0.1) is 12.2 Å². The van der Waals surface area contributed by atoms with Crippen molar-refractivity contribution in [3.05, 3.63) is 65.5 Å². The Morgan fingerprint density at radius 3 is 2.41 bits per heavy atom. The number of guanidine groups is 1. The highest BCUT2D eigenvalue weighted by Crippen LogP contribution is 2.19. The minimum Gasteiger partial charge on any atom is -0.354 e. The number of hydrogen-bond acceptors (Lipinski definition) is 3. The fourth-order valence-corrected chi connectivity index (χ4v) is 3.45. The number of rotatable bonds is 6. The second-order valence-electron chi connectivity index (χ2n) is 7.38. The number of halogens is 4. The number of anilines is 1. The van der Waals surface area contributed by atoms with Crippen molar-refractivity contribution in [3.8, 4) is 0 Å². The summed E-state index contributed by atoms with van der Waals surface area (Å²) in [6.45, 7) is 2.60. The number of benzene rings is 2. The molecule has 3 rings (SSSR count). The monoisotopic (exact) mass is 561 g/mol. The Morgan fingerprint density at radius 1 is 1.06 bits per heavy atom. The van der Waals surface area contributed by atoms with Crippen LogP contribution in [-0.2, 0) is 11.3 Å². The fraction of sp³-hybridized carbons (Fsp3) is 0.364. The Bertz CT molecular complexity index is 921. The Morgan fingerprint density at radius 2 is 1.75 bits per heavy atom. The molecule has 2 aromatic rings. The van der Waals surface area contributed by atoms with Gasteiger partial charge >= 0.3 is 0 Å². The van der Waals surface area contributed by atoms with Crippen molar-refractivity contribution in [1.82, 2.24) is 15.5 Å². The lowest BCUT2D eigenvalue weighted by atomic mass is 10.0. The lowest BCUT2D eigenvalue weighted by Gasteiger charge is -2.33. The summed E-state index contributed by atoms with van der Waals surface area (Å²) in [5.41, 5.74) is 0.870. The SMILES string of the molecule is CN=C(NCC(=O)Nc1ccc(F)c(F)c1F)NC1CCN(Cc2ccccc2)CC1.I. The molecule has 1 heterocycles. The number of piperidine rings is 1. The second-order valence-corrected chi connectivity index (χ2v) is 7.38. The van der Waals surface area contributed by atoms with E-state index in [0.29, 0.717) is 5.96 Å². The lowest BCUT2D eigenvalue weighted by Crippen LogP contribution is -2.49. The molecule has 1 fully saturated rings. The number of hydrogen-bond donors (Lipinski definition) is 3. The minimum absolute atomic E-state index is 0. The average molecular weight is 561 g/mol. The van der Waals surface area contributed by atoms with E-state index in [1.807, 2.05) is 18.2 Å². The standard InChI is InChI=1S/C22H26F3N5O.HI/c1-26-22(27-13-19(31)29-18-8-7-17(23)20(24)21(18)25)28-16-9-11-30(12-10-16)14-15-5-3-2-4-6-15;/h2-8,16H,9-14H2,1H3,(H,29,31)(H2,26,27,28);1H. The fourth-order valence-electron chi connectivity index (χ4n) is 3.45. The van der Waals surface area contributed by atoms with Crippen LogP contribution in [0.5, 0.6) is 0 Å². The zero-order valence-corrected chi connectivity index (χ0v) is 20.0. The van der Waals surface area contributed by atoms with Crippen molar-refractivity contribution < 1.29 is 18.0 Å². The number of carbonyl (C=O) groups is 1. The van der Waals surface area contributed by atoms with Crippen molar-refractivity contribution in [2.24, 2.45) is 4.99 Å². The molecule has 3 N–H and O–H groups in total. The topological polar surface area (TPSA) is 68.8 Å². The van der Waals surface area contributed by atoms with Crippen LogP contribution in [0.15, 0.2) is 47.5 Å². The molecule has 1 saturated heterocycles. The summed E-state index contributed by atoms with van der Waals surface area (Å²) in [6, 6.07) is 12.3.